The molecular formula is C12H10F4N4O2. The van der Waals surface area contributed by atoms with Crippen LogP contribution in [0.5, 0.6) is 5.75 Å². The fourth-order valence-electron chi connectivity index (χ4n) is 1.45. The van der Waals surface area contributed by atoms with Gasteiger partial charge in [0.15, 0.2) is 6.10 Å². The molecule has 0 fully saturated rings. The van der Waals surface area contributed by atoms with Gasteiger partial charge in [0.25, 0.3) is 5.91 Å². The predicted molar refractivity (Wildman–Crippen MR) is 66.5 cm³/mol. The molecule has 22 heavy (non-hydrogen) atoms. The summed E-state index contributed by atoms with van der Waals surface area (Å²) in [4.78, 5) is 14.8. The summed E-state index contributed by atoms with van der Waals surface area (Å²) in [7, 11) is 0. The summed E-state index contributed by atoms with van der Waals surface area (Å²) in [5.74, 6) is -3.09. The summed E-state index contributed by atoms with van der Waals surface area (Å²) in [6, 6.07) is 5.09. The van der Waals surface area contributed by atoms with Gasteiger partial charge in [-0.15, -0.1) is 5.10 Å². The van der Waals surface area contributed by atoms with Gasteiger partial charge < -0.3 is 4.74 Å². The van der Waals surface area contributed by atoms with Crippen molar-refractivity contribution in [1.82, 2.24) is 15.2 Å². The van der Waals surface area contributed by atoms with Crippen LogP contribution in [-0.2, 0) is 11.0 Å². The molecule has 0 aliphatic rings. The molecule has 1 aromatic heterocycles. The van der Waals surface area contributed by atoms with E-state index < -0.39 is 35.8 Å². The van der Waals surface area contributed by atoms with E-state index in [9.17, 15) is 22.4 Å². The third kappa shape index (κ3) is 3.93. The molecule has 0 aliphatic heterocycles. The van der Waals surface area contributed by atoms with Crippen molar-refractivity contribution in [2.45, 2.75) is 19.2 Å². The molecule has 1 aromatic carbocycles. The lowest BCUT2D eigenvalue weighted by molar-refractivity contribution is -0.144. The first-order valence-electron chi connectivity index (χ1n) is 5.98. The molecule has 1 atom stereocenters. The van der Waals surface area contributed by atoms with E-state index in [1.54, 1.807) is 5.10 Å². The van der Waals surface area contributed by atoms with Crippen molar-refractivity contribution in [1.29, 1.82) is 0 Å². The second kappa shape index (κ2) is 6.00. The molecule has 2 aromatic rings. The number of aromatic amines is 1. The number of halogens is 4. The van der Waals surface area contributed by atoms with Crippen LogP contribution < -0.4 is 10.1 Å². The molecule has 2 N–H and O–H groups in total. The lowest BCUT2D eigenvalue weighted by atomic mass is 10.3. The van der Waals surface area contributed by atoms with Gasteiger partial charge in [0, 0.05) is 6.07 Å². The Labute approximate surface area is 121 Å². The van der Waals surface area contributed by atoms with Gasteiger partial charge in [-0.2, -0.15) is 18.2 Å². The molecule has 10 heteroatoms. The zero-order valence-electron chi connectivity index (χ0n) is 11.1. The van der Waals surface area contributed by atoms with Crippen molar-refractivity contribution in [3.8, 4) is 5.75 Å². The summed E-state index contributed by atoms with van der Waals surface area (Å²) >= 11 is 0. The number of carbonyl (C=O) groups excluding carboxylic acids is 1. The maximum Gasteiger partial charge on any atom is 0.451 e. The Kier molecular flexibility index (Phi) is 4.29. The molecular weight excluding hydrogens is 308 g/mol. The minimum atomic E-state index is -4.69. The van der Waals surface area contributed by atoms with Gasteiger partial charge in [-0.05, 0) is 19.1 Å². The van der Waals surface area contributed by atoms with E-state index in [-0.39, 0.29) is 5.75 Å². The van der Waals surface area contributed by atoms with Gasteiger partial charge in [0.2, 0.25) is 11.8 Å². The molecule has 118 valence electrons. The second-order valence-electron chi connectivity index (χ2n) is 4.21. The van der Waals surface area contributed by atoms with E-state index >= 15 is 0 Å². The second-order valence-corrected chi connectivity index (χ2v) is 4.21. The number of rotatable bonds is 4. The molecule has 1 unspecified atom stereocenters. The van der Waals surface area contributed by atoms with Crippen LogP contribution in [0.4, 0.5) is 23.5 Å². The zero-order valence-corrected chi connectivity index (χ0v) is 11.1. The van der Waals surface area contributed by atoms with Crippen molar-refractivity contribution in [2.24, 2.45) is 0 Å². The highest BCUT2D eigenvalue weighted by atomic mass is 19.4. The first-order chi connectivity index (χ1) is 10.3. The lowest BCUT2D eigenvalue weighted by Crippen LogP contribution is -2.30. The number of H-pyrrole nitrogens is 1. The average Bonchev–Trinajstić information content (AvgIpc) is 2.87. The Hall–Kier alpha value is -2.65. The highest BCUT2D eigenvalue weighted by molar-refractivity contribution is 5.92. The van der Waals surface area contributed by atoms with E-state index in [1.807, 2.05) is 0 Å². The largest absolute Gasteiger partial charge is 0.481 e. The zero-order chi connectivity index (χ0) is 16.3. The van der Waals surface area contributed by atoms with E-state index in [0.717, 1.165) is 6.07 Å². The topological polar surface area (TPSA) is 79.9 Å². The Morgan fingerprint density at radius 3 is 2.73 bits per heavy atom. The molecule has 2 rings (SSSR count). The third-order valence-corrected chi connectivity index (χ3v) is 2.47. The average molecular weight is 318 g/mol. The Morgan fingerprint density at radius 2 is 2.14 bits per heavy atom. The van der Waals surface area contributed by atoms with Crippen LogP contribution in [0.1, 0.15) is 12.7 Å². The van der Waals surface area contributed by atoms with Gasteiger partial charge >= 0.3 is 6.18 Å². The monoisotopic (exact) mass is 318 g/mol. The standard InChI is InChI=1S/C12H10F4N4O2/c1-6(22-8-4-2-3-7(13)5-8)9(21)17-11-18-10(19-20-11)12(14,15)16/h2-6H,1H3,(H2,17,18,19,20,21). The first-order valence-corrected chi connectivity index (χ1v) is 5.98. The van der Waals surface area contributed by atoms with Crippen molar-refractivity contribution < 1.29 is 27.1 Å². The summed E-state index contributed by atoms with van der Waals surface area (Å²) in [6.45, 7) is 1.34. The van der Waals surface area contributed by atoms with Crippen molar-refractivity contribution in [3.05, 3.63) is 35.9 Å². The molecule has 1 heterocycles. The molecule has 0 radical (unpaired) electrons. The van der Waals surface area contributed by atoms with Crippen molar-refractivity contribution in [2.75, 3.05) is 5.32 Å². The minimum Gasteiger partial charge on any atom is -0.481 e. The number of hydrogen-bond acceptors (Lipinski definition) is 4. The number of amides is 1. The number of nitrogens with one attached hydrogen (secondary N) is 2. The van der Waals surface area contributed by atoms with Crippen LogP contribution >= 0.6 is 0 Å². The van der Waals surface area contributed by atoms with Gasteiger partial charge in [-0.1, -0.05) is 6.07 Å². The van der Waals surface area contributed by atoms with E-state index in [0.29, 0.717) is 0 Å². The third-order valence-electron chi connectivity index (χ3n) is 2.47. The number of aromatic nitrogens is 3. The summed E-state index contributed by atoms with van der Waals surface area (Å²) in [6.07, 6.45) is -5.78. The molecule has 0 saturated heterocycles. The van der Waals surface area contributed by atoms with Crippen LogP contribution in [0.2, 0.25) is 0 Å². The number of hydrogen-bond donors (Lipinski definition) is 2. The van der Waals surface area contributed by atoms with E-state index in [2.05, 4.69) is 15.4 Å². The van der Waals surface area contributed by atoms with Crippen molar-refractivity contribution in [3.63, 3.8) is 0 Å². The normalized spacial score (nSPS) is 12.8. The Bertz CT molecular complexity index is 671. The smallest absolute Gasteiger partial charge is 0.451 e. The minimum absolute atomic E-state index is 0.105. The summed E-state index contributed by atoms with van der Waals surface area (Å²) < 4.78 is 55.1. The van der Waals surface area contributed by atoms with Gasteiger partial charge in [0.1, 0.15) is 11.6 Å². The van der Waals surface area contributed by atoms with Crippen LogP contribution in [0.25, 0.3) is 0 Å². The van der Waals surface area contributed by atoms with Gasteiger partial charge in [0.05, 0.1) is 0 Å². The van der Waals surface area contributed by atoms with Gasteiger partial charge in [-0.3, -0.25) is 15.2 Å². The number of carbonyl (C=O) groups is 1. The van der Waals surface area contributed by atoms with Crippen LogP contribution in [0.3, 0.4) is 0 Å². The molecule has 0 bridgehead atoms. The molecule has 0 saturated carbocycles. The Balaban J connectivity index is 1.98. The number of anilines is 1. The lowest BCUT2D eigenvalue weighted by Gasteiger charge is -2.13. The van der Waals surface area contributed by atoms with E-state index in [4.69, 9.17) is 4.74 Å². The molecule has 0 spiro atoms. The number of ether oxygens (including phenoxy) is 1. The quantitative estimate of drug-likeness (QED) is 0.848. The SMILES string of the molecule is CC(Oc1cccc(F)c1)C(=O)Nc1n[nH]c(C(F)(F)F)n1. The highest BCUT2D eigenvalue weighted by Gasteiger charge is 2.35. The predicted octanol–water partition coefficient (Wildman–Crippen LogP) is 2.37. The molecule has 1 amide bonds. The molecule has 6 nitrogen and oxygen atoms in total. The number of benzene rings is 1. The first kappa shape index (κ1) is 15.7. The van der Waals surface area contributed by atoms with Crippen LogP contribution in [0.15, 0.2) is 24.3 Å². The maximum atomic E-state index is 13.0. The van der Waals surface area contributed by atoms with Crippen LogP contribution in [-0.4, -0.2) is 27.2 Å². The number of nitrogens with zero attached hydrogens (tertiary/aromatic N) is 2. The van der Waals surface area contributed by atoms with E-state index in [1.165, 1.54) is 25.1 Å². The Morgan fingerprint density at radius 1 is 1.41 bits per heavy atom. The fraction of sp³-hybridized carbons (Fsp3) is 0.250. The number of alkyl halides is 3. The van der Waals surface area contributed by atoms with Crippen molar-refractivity contribution >= 4 is 11.9 Å². The molecule has 0 aliphatic carbocycles. The summed E-state index contributed by atoms with van der Waals surface area (Å²) in [5.41, 5.74) is 0. The fourth-order valence-corrected chi connectivity index (χ4v) is 1.45. The van der Waals surface area contributed by atoms with Gasteiger partial charge in [-0.25, -0.2) is 4.39 Å². The summed E-state index contributed by atoms with van der Waals surface area (Å²) in [5, 5.41) is 6.94. The maximum absolute atomic E-state index is 13.0. The highest BCUT2D eigenvalue weighted by Crippen LogP contribution is 2.26. The van der Waals surface area contributed by atoms with Crippen LogP contribution in [0, 0.1) is 5.82 Å².